The zero-order chi connectivity index (χ0) is 19.7. The molecule has 1 heterocycles. The summed E-state index contributed by atoms with van der Waals surface area (Å²) < 4.78 is 7.58. The summed E-state index contributed by atoms with van der Waals surface area (Å²) in [6.45, 7) is 4.42. The van der Waals surface area contributed by atoms with Crippen LogP contribution in [0.5, 0.6) is 0 Å². The number of esters is 1. The third-order valence-electron chi connectivity index (χ3n) is 3.57. The average Bonchev–Trinajstić information content (AvgIpc) is 2.60. The Kier molecular flexibility index (Phi) is 8.73. The first-order valence-electron chi connectivity index (χ1n) is 8.34. The fraction of sp³-hybridized carbons (Fsp3) is 0.625. The van der Waals surface area contributed by atoms with Gasteiger partial charge in [0, 0.05) is 38.4 Å². The van der Waals surface area contributed by atoms with Gasteiger partial charge in [0.25, 0.3) is 0 Å². The quantitative estimate of drug-likeness (QED) is 0.273. The first-order chi connectivity index (χ1) is 12.3. The molecule has 0 aliphatic rings. The van der Waals surface area contributed by atoms with E-state index in [1.54, 1.807) is 0 Å². The molecule has 0 atom stereocenters. The number of ether oxygens (including phenoxy) is 1. The molecule has 2 N–H and O–H groups in total. The smallest absolute Gasteiger partial charge is 0.336 e. The van der Waals surface area contributed by atoms with Gasteiger partial charge in [-0.3, -0.25) is 0 Å². The van der Waals surface area contributed by atoms with Crippen molar-refractivity contribution in [3.8, 4) is 0 Å². The minimum atomic E-state index is -0.778. The maximum atomic E-state index is 12.4. The predicted molar refractivity (Wildman–Crippen MR) is 93.0 cm³/mol. The molecule has 26 heavy (non-hydrogen) atoms. The van der Waals surface area contributed by atoms with Gasteiger partial charge in [-0.25, -0.2) is 32.9 Å². The summed E-state index contributed by atoms with van der Waals surface area (Å²) in [7, 11) is 0. The zero-order valence-electron chi connectivity index (χ0n) is 14.8. The van der Waals surface area contributed by atoms with E-state index >= 15 is 0 Å². The molecule has 1 rings (SSSR count). The van der Waals surface area contributed by atoms with Gasteiger partial charge in [-0.05, 0) is 26.2 Å². The van der Waals surface area contributed by atoms with Gasteiger partial charge < -0.3 is 14.9 Å². The van der Waals surface area contributed by atoms with Crippen LogP contribution in [0.3, 0.4) is 0 Å². The molecule has 0 radical (unpaired) electrons. The van der Waals surface area contributed by atoms with Crippen LogP contribution in [-0.4, -0.2) is 49.7 Å². The SMILES string of the molecule is C=C(C)C(=O)OCCCn1c(=O)n(CCCO)c(=O)n(CCCO)c1=O. The van der Waals surface area contributed by atoms with Crippen LogP contribution < -0.4 is 17.1 Å². The number of carbonyl (C=O) groups is 1. The highest BCUT2D eigenvalue weighted by atomic mass is 16.5. The van der Waals surface area contributed by atoms with Crippen molar-refractivity contribution >= 4 is 5.97 Å². The van der Waals surface area contributed by atoms with Crippen molar-refractivity contribution in [2.75, 3.05) is 19.8 Å². The van der Waals surface area contributed by atoms with Crippen molar-refractivity contribution in [3.63, 3.8) is 0 Å². The molecular formula is C16H25N3O7. The van der Waals surface area contributed by atoms with Gasteiger partial charge in [-0.2, -0.15) is 0 Å². The normalized spacial score (nSPS) is 10.7. The molecule has 0 unspecified atom stereocenters. The third-order valence-corrected chi connectivity index (χ3v) is 3.57. The second kappa shape index (κ2) is 10.5. The second-order valence-electron chi connectivity index (χ2n) is 5.73. The van der Waals surface area contributed by atoms with Crippen LogP contribution in [-0.2, 0) is 29.2 Å². The summed E-state index contributed by atoms with van der Waals surface area (Å²) >= 11 is 0. The minimum Gasteiger partial charge on any atom is -0.462 e. The molecule has 0 aromatic carbocycles. The number of aliphatic hydroxyl groups is 2. The van der Waals surface area contributed by atoms with E-state index in [9.17, 15) is 19.2 Å². The second-order valence-corrected chi connectivity index (χ2v) is 5.73. The van der Waals surface area contributed by atoms with Gasteiger partial charge in [0.1, 0.15) is 0 Å². The fourth-order valence-electron chi connectivity index (χ4n) is 2.22. The van der Waals surface area contributed by atoms with Crippen LogP contribution in [0.25, 0.3) is 0 Å². The Morgan fingerprint density at radius 1 is 0.885 bits per heavy atom. The number of hydrogen-bond donors (Lipinski definition) is 2. The Hall–Kier alpha value is -2.46. The van der Waals surface area contributed by atoms with Gasteiger partial charge >= 0.3 is 23.0 Å². The lowest BCUT2D eigenvalue weighted by Gasteiger charge is -2.13. The average molecular weight is 371 g/mol. The molecule has 0 saturated heterocycles. The van der Waals surface area contributed by atoms with Crippen LogP contribution in [0.2, 0.25) is 0 Å². The molecule has 0 fully saturated rings. The molecular weight excluding hydrogens is 346 g/mol. The van der Waals surface area contributed by atoms with E-state index in [4.69, 9.17) is 14.9 Å². The molecule has 0 spiro atoms. The minimum absolute atomic E-state index is 0.00994. The molecule has 0 amide bonds. The Labute approximate surface area is 149 Å². The van der Waals surface area contributed by atoms with Crippen LogP contribution >= 0.6 is 0 Å². The fourth-order valence-corrected chi connectivity index (χ4v) is 2.22. The van der Waals surface area contributed by atoms with Crippen molar-refractivity contribution in [2.24, 2.45) is 0 Å². The van der Waals surface area contributed by atoms with Crippen molar-refractivity contribution in [2.45, 2.75) is 45.8 Å². The van der Waals surface area contributed by atoms with E-state index in [1.807, 2.05) is 0 Å². The van der Waals surface area contributed by atoms with E-state index in [-0.39, 0.29) is 64.3 Å². The monoisotopic (exact) mass is 371 g/mol. The number of aliphatic hydroxyl groups excluding tert-OH is 2. The molecule has 10 nitrogen and oxygen atoms in total. The van der Waals surface area contributed by atoms with Gasteiger partial charge in [0.05, 0.1) is 6.61 Å². The third kappa shape index (κ3) is 5.53. The highest BCUT2D eigenvalue weighted by Gasteiger charge is 2.15. The topological polar surface area (TPSA) is 133 Å². The lowest BCUT2D eigenvalue weighted by molar-refractivity contribution is -0.139. The number of carbonyl (C=O) groups excluding carboxylic acids is 1. The zero-order valence-corrected chi connectivity index (χ0v) is 14.8. The van der Waals surface area contributed by atoms with Crippen molar-refractivity contribution in [1.29, 1.82) is 0 Å². The molecule has 10 heteroatoms. The number of rotatable bonds is 11. The summed E-state index contributed by atoms with van der Waals surface area (Å²) in [4.78, 5) is 48.5. The lowest BCUT2D eigenvalue weighted by Crippen LogP contribution is -2.54. The van der Waals surface area contributed by atoms with Gasteiger partial charge in [-0.15, -0.1) is 0 Å². The van der Waals surface area contributed by atoms with E-state index < -0.39 is 23.0 Å². The summed E-state index contributed by atoms with van der Waals surface area (Å²) in [5.41, 5.74) is -2.09. The molecule has 0 saturated carbocycles. The Bertz CT molecular complexity index is 757. The van der Waals surface area contributed by atoms with Crippen molar-refractivity contribution in [1.82, 2.24) is 13.7 Å². The number of hydrogen-bond acceptors (Lipinski definition) is 7. The maximum absolute atomic E-state index is 12.4. The van der Waals surface area contributed by atoms with Crippen LogP contribution in [0, 0.1) is 0 Å². The van der Waals surface area contributed by atoms with Crippen molar-refractivity contribution < 1.29 is 19.7 Å². The van der Waals surface area contributed by atoms with Gasteiger partial charge in [0.2, 0.25) is 0 Å². The number of aromatic nitrogens is 3. The molecule has 1 aromatic heterocycles. The highest BCUT2D eigenvalue weighted by molar-refractivity contribution is 5.86. The van der Waals surface area contributed by atoms with Crippen LogP contribution in [0.1, 0.15) is 26.2 Å². The van der Waals surface area contributed by atoms with Crippen molar-refractivity contribution in [3.05, 3.63) is 43.6 Å². The largest absolute Gasteiger partial charge is 0.462 e. The van der Waals surface area contributed by atoms with E-state index in [1.165, 1.54) is 6.92 Å². The maximum Gasteiger partial charge on any atom is 0.336 e. The summed E-state index contributed by atoms with van der Waals surface area (Å²) in [5, 5.41) is 17.9. The number of nitrogens with zero attached hydrogens (tertiary/aromatic N) is 3. The van der Waals surface area contributed by atoms with E-state index in [0.717, 1.165) is 13.7 Å². The first kappa shape index (κ1) is 21.6. The lowest BCUT2D eigenvalue weighted by atomic mass is 10.3. The molecule has 1 aromatic rings. The molecule has 146 valence electrons. The van der Waals surface area contributed by atoms with E-state index in [0.29, 0.717) is 0 Å². The standard InChI is InChI=1S/C16H25N3O7/c1-12(2)13(22)26-11-5-8-19-15(24)17(6-3-9-20)14(23)18(16(19)25)7-4-10-21/h20-21H,1,3-11H2,2H3. The Balaban J connectivity index is 3.10. The summed E-state index contributed by atoms with van der Waals surface area (Å²) in [6, 6.07) is 0. The Morgan fingerprint density at radius 3 is 1.62 bits per heavy atom. The molecule has 0 aliphatic heterocycles. The summed E-state index contributed by atoms with van der Waals surface area (Å²) in [5.74, 6) is -0.564. The molecule has 0 bridgehead atoms. The van der Waals surface area contributed by atoms with Crippen LogP contribution in [0.4, 0.5) is 0 Å². The molecule has 0 aliphatic carbocycles. The van der Waals surface area contributed by atoms with E-state index in [2.05, 4.69) is 6.58 Å². The predicted octanol–water partition coefficient (Wildman–Crippen LogP) is -1.55. The van der Waals surface area contributed by atoms with Crippen LogP contribution in [0.15, 0.2) is 26.5 Å². The van der Waals surface area contributed by atoms with Gasteiger partial charge in [0.15, 0.2) is 0 Å². The summed E-state index contributed by atoms with van der Waals surface area (Å²) in [6.07, 6.45) is 0.569. The van der Waals surface area contributed by atoms with Gasteiger partial charge in [-0.1, -0.05) is 6.58 Å². The highest BCUT2D eigenvalue weighted by Crippen LogP contribution is 1.94. The Morgan fingerprint density at radius 2 is 1.27 bits per heavy atom. The first-order valence-corrected chi connectivity index (χ1v) is 8.34.